The van der Waals surface area contributed by atoms with Gasteiger partial charge in [-0.15, -0.1) is 24.0 Å². The van der Waals surface area contributed by atoms with Crippen molar-refractivity contribution in [1.82, 2.24) is 30.4 Å². The zero-order valence-corrected chi connectivity index (χ0v) is 18.8. The van der Waals surface area contributed by atoms with Gasteiger partial charge in [0.2, 0.25) is 0 Å². The molecule has 1 aliphatic heterocycles. The molecular formula is C18H29IN8. The lowest BCUT2D eigenvalue weighted by molar-refractivity contribution is 0.392. The maximum Gasteiger partial charge on any atom is 0.191 e. The molecule has 0 spiro atoms. The van der Waals surface area contributed by atoms with E-state index >= 15 is 0 Å². The molecule has 0 amide bonds. The minimum atomic E-state index is 0. The lowest BCUT2D eigenvalue weighted by Gasteiger charge is -2.25. The Morgan fingerprint density at radius 1 is 1.33 bits per heavy atom. The molecule has 3 heterocycles. The molecule has 3 rings (SSSR count). The van der Waals surface area contributed by atoms with E-state index in [9.17, 15) is 0 Å². The third-order valence-corrected chi connectivity index (χ3v) is 4.30. The summed E-state index contributed by atoms with van der Waals surface area (Å²) in [6, 6.07) is 6.31. The number of aromatic nitrogens is 4. The number of hydrogen-bond donors (Lipinski definition) is 2. The highest BCUT2D eigenvalue weighted by molar-refractivity contribution is 14.0. The van der Waals surface area contributed by atoms with E-state index in [4.69, 9.17) is 4.99 Å². The largest absolute Gasteiger partial charge is 0.363 e. The average molecular weight is 484 g/mol. The van der Waals surface area contributed by atoms with Gasteiger partial charge in [0.1, 0.15) is 17.5 Å². The van der Waals surface area contributed by atoms with E-state index in [1.807, 2.05) is 48.8 Å². The minimum Gasteiger partial charge on any atom is -0.363 e. The van der Waals surface area contributed by atoms with Gasteiger partial charge in [0, 0.05) is 33.1 Å². The van der Waals surface area contributed by atoms with Crippen LogP contribution in [-0.4, -0.2) is 52.4 Å². The summed E-state index contributed by atoms with van der Waals surface area (Å²) < 4.78 is 2.00. The van der Waals surface area contributed by atoms with E-state index in [2.05, 4.69) is 32.6 Å². The van der Waals surface area contributed by atoms with Crippen molar-refractivity contribution in [1.29, 1.82) is 0 Å². The first kappa shape index (κ1) is 21.4. The van der Waals surface area contributed by atoms with Crippen molar-refractivity contribution >= 4 is 35.8 Å². The Morgan fingerprint density at radius 3 is 2.89 bits per heavy atom. The van der Waals surface area contributed by atoms with Crippen molar-refractivity contribution in [2.75, 3.05) is 25.5 Å². The zero-order valence-electron chi connectivity index (χ0n) is 16.4. The Bertz CT molecular complexity index is 770. The average Bonchev–Trinajstić information content (AvgIpc) is 2.99. The van der Waals surface area contributed by atoms with Crippen LogP contribution in [0.2, 0.25) is 0 Å². The fourth-order valence-corrected chi connectivity index (χ4v) is 3.03. The van der Waals surface area contributed by atoms with Crippen molar-refractivity contribution in [2.24, 2.45) is 4.99 Å². The number of fused-ring (bicyclic) bond motifs is 1. The summed E-state index contributed by atoms with van der Waals surface area (Å²) in [5.74, 6) is 3.67. The number of halogens is 1. The van der Waals surface area contributed by atoms with Crippen LogP contribution in [-0.2, 0) is 19.5 Å². The molecule has 0 aliphatic carbocycles. The Balaban J connectivity index is 0.00000261. The number of rotatable bonds is 5. The van der Waals surface area contributed by atoms with Gasteiger partial charge >= 0.3 is 0 Å². The van der Waals surface area contributed by atoms with Crippen LogP contribution in [0.15, 0.2) is 23.2 Å². The normalized spacial score (nSPS) is 16.3. The standard InChI is InChI=1S/C18H28N8.HI/c1-5-19-18(20-11-14-7-6-8-16(22-14)25(3)4)23-15-9-10-17-21-13(2)24-26(17)12-15;/h6-8,15H,5,9-12H2,1-4H3,(H2,19,20,23);1H. The first-order valence-electron chi connectivity index (χ1n) is 9.13. The van der Waals surface area contributed by atoms with E-state index in [1.165, 1.54) is 0 Å². The zero-order chi connectivity index (χ0) is 18.5. The smallest absolute Gasteiger partial charge is 0.191 e. The summed E-state index contributed by atoms with van der Waals surface area (Å²) in [6.07, 6.45) is 1.96. The first-order valence-corrected chi connectivity index (χ1v) is 9.13. The first-order chi connectivity index (χ1) is 12.5. The van der Waals surface area contributed by atoms with Crippen LogP contribution in [0.25, 0.3) is 0 Å². The topological polar surface area (TPSA) is 83.3 Å². The monoisotopic (exact) mass is 484 g/mol. The number of aryl methyl sites for hydroxylation is 2. The van der Waals surface area contributed by atoms with Crippen LogP contribution in [0.5, 0.6) is 0 Å². The molecule has 0 saturated carbocycles. The quantitative estimate of drug-likeness (QED) is 0.382. The maximum absolute atomic E-state index is 4.71. The number of nitrogens with one attached hydrogen (secondary N) is 2. The van der Waals surface area contributed by atoms with Gasteiger partial charge in [-0.2, -0.15) is 5.10 Å². The highest BCUT2D eigenvalue weighted by Crippen LogP contribution is 2.13. The number of nitrogens with zero attached hydrogens (tertiary/aromatic N) is 6. The summed E-state index contributed by atoms with van der Waals surface area (Å²) in [5.41, 5.74) is 0.950. The maximum atomic E-state index is 4.71. The van der Waals surface area contributed by atoms with Crippen molar-refractivity contribution in [2.45, 2.75) is 45.8 Å². The van der Waals surface area contributed by atoms with Crippen LogP contribution in [0, 0.1) is 6.92 Å². The molecule has 0 fully saturated rings. The SMILES string of the molecule is CCNC(=NCc1cccc(N(C)C)n1)NC1CCc2nc(C)nn2C1.I. The van der Waals surface area contributed by atoms with Gasteiger partial charge in [0.25, 0.3) is 0 Å². The second-order valence-electron chi connectivity index (χ2n) is 6.71. The molecule has 27 heavy (non-hydrogen) atoms. The van der Waals surface area contributed by atoms with E-state index in [-0.39, 0.29) is 24.0 Å². The molecule has 148 valence electrons. The summed E-state index contributed by atoms with van der Waals surface area (Å²) in [6.45, 7) is 6.18. The molecule has 0 saturated heterocycles. The Hall–Kier alpha value is -1.91. The van der Waals surface area contributed by atoms with Gasteiger partial charge in [-0.25, -0.2) is 19.6 Å². The summed E-state index contributed by atoms with van der Waals surface area (Å²) in [4.78, 5) is 15.8. The predicted molar refractivity (Wildman–Crippen MR) is 119 cm³/mol. The second-order valence-corrected chi connectivity index (χ2v) is 6.71. The van der Waals surface area contributed by atoms with E-state index in [0.29, 0.717) is 12.6 Å². The van der Waals surface area contributed by atoms with E-state index in [1.54, 1.807) is 0 Å². The summed E-state index contributed by atoms with van der Waals surface area (Å²) >= 11 is 0. The summed E-state index contributed by atoms with van der Waals surface area (Å²) in [5, 5.41) is 11.3. The Morgan fingerprint density at radius 2 is 2.15 bits per heavy atom. The number of aliphatic imine (C=N–C) groups is 1. The fraction of sp³-hybridized carbons (Fsp3) is 0.556. The molecule has 1 unspecified atom stereocenters. The van der Waals surface area contributed by atoms with Gasteiger partial charge < -0.3 is 15.5 Å². The molecule has 1 aliphatic rings. The highest BCUT2D eigenvalue weighted by Gasteiger charge is 2.21. The van der Waals surface area contributed by atoms with Crippen molar-refractivity contribution in [3.05, 3.63) is 35.5 Å². The number of guanidine groups is 1. The molecular weight excluding hydrogens is 455 g/mol. The van der Waals surface area contributed by atoms with Crippen LogP contribution < -0.4 is 15.5 Å². The van der Waals surface area contributed by atoms with Crippen molar-refractivity contribution in [3.8, 4) is 0 Å². The molecule has 0 bridgehead atoms. The molecule has 0 aromatic carbocycles. The molecule has 0 radical (unpaired) electrons. The molecule has 8 nitrogen and oxygen atoms in total. The highest BCUT2D eigenvalue weighted by atomic mass is 127. The van der Waals surface area contributed by atoms with Gasteiger partial charge in [-0.05, 0) is 32.4 Å². The number of pyridine rings is 1. The third kappa shape index (κ3) is 5.78. The predicted octanol–water partition coefficient (Wildman–Crippen LogP) is 1.74. The van der Waals surface area contributed by atoms with Crippen molar-refractivity contribution in [3.63, 3.8) is 0 Å². The lowest BCUT2D eigenvalue weighted by atomic mass is 10.1. The summed E-state index contributed by atoms with van der Waals surface area (Å²) in [7, 11) is 3.98. The van der Waals surface area contributed by atoms with Crippen LogP contribution in [0.3, 0.4) is 0 Å². The second kappa shape index (κ2) is 9.86. The molecule has 9 heteroatoms. The van der Waals surface area contributed by atoms with Gasteiger partial charge in [-0.3, -0.25) is 0 Å². The number of anilines is 1. The Labute approximate surface area is 177 Å². The molecule has 2 aromatic heterocycles. The molecule has 2 aromatic rings. The minimum absolute atomic E-state index is 0. The lowest BCUT2D eigenvalue weighted by Crippen LogP contribution is -2.47. The van der Waals surface area contributed by atoms with Gasteiger partial charge in [0.15, 0.2) is 5.96 Å². The fourth-order valence-electron chi connectivity index (χ4n) is 3.03. The van der Waals surface area contributed by atoms with Crippen molar-refractivity contribution < 1.29 is 0 Å². The Kier molecular flexibility index (Phi) is 7.81. The van der Waals surface area contributed by atoms with E-state index in [0.717, 1.165) is 55.1 Å². The van der Waals surface area contributed by atoms with Crippen LogP contribution in [0.1, 0.15) is 30.7 Å². The van der Waals surface area contributed by atoms with Gasteiger partial charge in [-0.1, -0.05) is 6.07 Å². The number of hydrogen-bond acceptors (Lipinski definition) is 5. The molecule has 2 N–H and O–H groups in total. The van der Waals surface area contributed by atoms with E-state index < -0.39 is 0 Å². The van der Waals surface area contributed by atoms with Gasteiger partial charge in [0.05, 0.1) is 18.8 Å². The van der Waals surface area contributed by atoms with Crippen LogP contribution >= 0.6 is 24.0 Å². The molecule has 1 atom stereocenters. The third-order valence-electron chi connectivity index (χ3n) is 4.30. The van der Waals surface area contributed by atoms with Crippen LogP contribution in [0.4, 0.5) is 5.82 Å².